The highest BCUT2D eigenvalue weighted by atomic mass is 19.1. The molecule has 0 saturated carbocycles. The van der Waals surface area contributed by atoms with Crippen molar-refractivity contribution in [1.82, 2.24) is 10.7 Å². The van der Waals surface area contributed by atoms with Gasteiger partial charge in [-0.2, -0.15) is 5.10 Å². The number of nitrogens with one attached hydrogen (secondary N) is 2. The number of halogens is 2. The highest BCUT2D eigenvalue weighted by Gasteiger charge is 2.22. The molecule has 3 rings (SSSR count). The Balaban J connectivity index is 1.80. The third-order valence-electron chi connectivity index (χ3n) is 3.81. The van der Waals surface area contributed by atoms with Crippen LogP contribution in [-0.2, 0) is 4.79 Å². The first kappa shape index (κ1) is 14.9. The van der Waals surface area contributed by atoms with Crippen LogP contribution in [-0.4, -0.2) is 30.8 Å². The van der Waals surface area contributed by atoms with Gasteiger partial charge in [-0.3, -0.25) is 4.79 Å². The molecule has 2 N–H and O–H groups in total. The number of hydrogen-bond acceptors (Lipinski definition) is 4. The summed E-state index contributed by atoms with van der Waals surface area (Å²) in [5, 5.41) is 7.01. The number of hydrogen-bond donors (Lipinski definition) is 2. The number of rotatable bonds is 3. The molecule has 0 spiro atoms. The number of ether oxygens (including phenoxy) is 1. The van der Waals surface area contributed by atoms with E-state index in [1.807, 2.05) is 0 Å². The molecule has 1 aromatic rings. The summed E-state index contributed by atoms with van der Waals surface area (Å²) in [6.07, 6.45) is 1.88. The monoisotopic (exact) mass is 309 g/mol. The normalized spacial score (nSPS) is 19.5. The van der Waals surface area contributed by atoms with E-state index in [0.717, 1.165) is 25.9 Å². The van der Waals surface area contributed by atoms with Gasteiger partial charge in [0.1, 0.15) is 6.10 Å². The zero-order valence-corrected chi connectivity index (χ0v) is 12.0. The number of benzene rings is 1. The summed E-state index contributed by atoms with van der Waals surface area (Å²) in [6, 6.07) is 2.41. The van der Waals surface area contributed by atoms with Crippen molar-refractivity contribution in [2.45, 2.75) is 31.8 Å². The molecule has 1 aromatic carbocycles. The van der Waals surface area contributed by atoms with Crippen molar-refractivity contribution in [3.05, 3.63) is 29.3 Å². The van der Waals surface area contributed by atoms with Crippen LogP contribution in [0.1, 0.15) is 31.2 Å². The molecule has 2 aliphatic heterocycles. The summed E-state index contributed by atoms with van der Waals surface area (Å²) in [4.78, 5) is 11.1. The first-order valence-electron chi connectivity index (χ1n) is 7.35. The van der Waals surface area contributed by atoms with E-state index in [1.165, 1.54) is 12.1 Å². The maximum atomic E-state index is 14.2. The highest BCUT2D eigenvalue weighted by Crippen LogP contribution is 2.27. The van der Waals surface area contributed by atoms with Crippen LogP contribution in [0.15, 0.2) is 17.2 Å². The lowest BCUT2D eigenvalue weighted by atomic mass is 10.0. The van der Waals surface area contributed by atoms with Crippen molar-refractivity contribution in [3.63, 3.8) is 0 Å². The second-order valence-electron chi connectivity index (χ2n) is 5.43. The first-order valence-corrected chi connectivity index (χ1v) is 7.35. The molecule has 0 aromatic heterocycles. The molecule has 22 heavy (non-hydrogen) atoms. The molecule has 0 aliphatic carbocycles. The maximum Gasteiger partial charge on any atom is 0.240 e. The van der Waals surface area contributed by atoms with Crippen molar-refractivity contribution >= 4 is 11.6 Å². The van der Waals surface area contributed by atoms with Gasteiger partial charge >= 0.3 is 0 Å². The van der Waals surface area contributed by atoms with Crippen molar-refractivity contribution in [2.24, 2.45) is 5.10 Å². The number of nitrogens with zero attached hydrogens (tertiary/aromatic N) is 1. The SMILES string of the molecule is O=C1CCC(c2cc(F)c(OC3CCNCC3)c(F)c2)=NN1. The predicted octanol–water partition coefficient (Wildman–Crippen LogP) is 1.71. The smallest absolute Gasteiger partial charge is 0.240 e. The van der Waals surface area contributed by atoms with Gasteiger partial charge in [0.05, 0.1) is 5.71 Å². The van der Waals surface area contributed by atoms with Gasteiger partial charge in [0, 0.05) is 18.4 Å². The second-order valence-corrected chi connectivity index (χ2v) is 5.43. The molecule has 1 saturated heterocycles. The first-order chi connectivity index (χ1) is 10.6. The van der Waals surface area contributed by atoms with Gasteiger partial charge < -0.3 is 10.1 Å². The van der Waals surface area contributed by atoms with Crippen molar-refractivity contribution in [3.8, 4) is 5.75 Å². The molecule has 1 fully saturated rings. The van der Waals surface area contributed by atoms with Crippen molar-refractivity contribution in [1.29, 1.82) is 0 Å². The molecular formula is C15H17F2N3O2. The topological polar surface area (TPSA) is 62.7 Å². The molecule has 0 atom stereocenters. The molecule has 1 amide bonds. The predicted molar refractivity (Wildman–Crippen MR) is 76.8 cm³/mol. The van der Waals surface area contributed by atoms with Crippen molar-refractivity contribution in [2.75, 3.05) is 13.1 Å². The highest BCUT2D eigenvalue weighted by molar-refractivity contribution is 6.04. The Bertz CT molecular complexity index is 590. The molecule has 2 heterocycles. The maximum absolute atomic E-state index is 14.2. The molecule has 2 aliphatic rings. The van der Waals surface area contributed by atoms with Gasteiger partial charge in [0.25, 0.3) is 0 Å². The summed E-state index contributed by atoms with van der Waals surface area (Å²) in [5.74, 6) is -2.02. The molecule has 0 unspecified atom stereocenters. The zero-order valence-electron chi connectivity index (χ0n) is 12.0. The minimum Gasteiger partial charge on any atom is -0.484 e. The van der Waals surface area contributed by atoms with E-state index in [-0.39, 0.29) is 24.2 Å². The fraction of sp³-hybridized carbons (Fsp3) is 0.467. The lowest BCUT2D eigenvalue weighted by molar-refractivity contribution is -0.121. The third kappa shape index (κ3) is 3.24. The summed E-state index contributed by atoms with van der Waals surface area (Å²) in [7, 11) is 0. The van der Waals surface area contributed by atoms with Crippen LogP contribution < -0.4 is 15.5 Å². The minimum absolute atomic E-state index is 0.178. The van der Waals surface area contributed by atoms with E-state index in [9.17, 15) is 13.6 Å². The summed E-state index contributed by atoms with van der Waals surface area (Å²) in [6.45, 7) is 1.56. The van der Waals surface area contributed by atoms with Gasteiger partial charge in [-0.1, -0.05) is 0 Å². The van der Waals surface area contributed by atoms with Gasteiger partial charge in [-0.05, 0) is 38.1 Å². The van der Waals surface area contributed by atoms with Crippen LogP contribution in [0.3, 0.4) is 0 Å². The molecule has 7 heteroatoms. The zero-order chi connectivity index (χ0) is 15.5. The summed E-state index contributed by atoms with van der Waals surface area (Å²) < 4.78 is 33.8. The van der Waals surface area contributed by atoms with Gasteiger partial charge in [0.15, 0.2) is 17.4 Å². The Morgan fingerprint density at radius 1 is 1.14 bits per heavy atom. The second kappa shape index (κ2) is 6.39. The molecule has 118 valence electrons. The number of amides is 1. The van der Waals surface area contributed by atoms with E-state index < -0.39 is 11.6 Å². The summed E-state index contributed by atoms with van der Waals surface area (Å²) >= 11 is 0. The van der Waals surface area contributed by atoms with E-state index in [1.54, 1.807) is 0 Å². The average Bonchev–Trinajstić information content (AvgIpc) is 2.52. The van der Waals surface area contributed by atoms with Crippen molar-refractivity contribution < 1.29 is 18.3 Å². The molecular weight excluding hydrogens is 292 g/mol. The lowest BCUT2D eigenvalue weighted by Gasteiger charge is -2.24. The largest absolute Gasteiger partial charge is 0.484 e. The fourth-order valence-corrected chi connectivity index (χ4v) is 2.60. The average molecular weight is 309 g/mol. The lowest BCUT2D eigenvalue weighted by Crippen LogP contribution is -2.34. The van der Waals surface area contributed by atoms with Gasteiger partial charge in [-0.15, -0.1) is 0 Å². The Kier molecular flexibility index (Phi) is 4.33. The van der Waals surface area contributed by atoms with Crippen LogP contribution in [0.5, 0.6) is 5.75 Å². The number of hydrazone groups is 1. The van der Waals surface area contributed by atoms with Crippen LogP contribution in [0.2, 0.25) is 0 Å². The minimum atomic E-state index is -0.742. The van der Waals surface area contributed by atoms with Crippen LogP contribution >= 0.6 is 0 Å². The summed E-state index contributed by atoms with van der Waals surface area (Å²) in [5.41, 5.74) is 3.11. The van der Waals surface area contributed by atoms with E-state index in [2.05, 4.69) is 15.8 Å². The van der Waals surface area contributed by atoms with E-state index in [4.69, 9.17) is 4.74 Å². The van der Waals surface area contributed by atoms with Gasteiger partial charge in [-0.25, -0.2) is 14.2 Å². The Morgan fingerprint density at radius 2 is 1.82 bits per heavy atom. The number of carbonyl (C=O) groups is 1. The van der Waals surface area contributed by atoms with E-state index >= 15 is 0 Å². The third-order valence-corrected chi connectivity index (χ3v) is 3.81. The molecule has 0 radical (unpaired) electrons. The Hall–Kier alpha value is -2.02. The van der Waals surface area contributed by atoms with E-state index in [0.29, 0.717) is 17.7 Å². The fourth-order valence-electron chi connectivity index (χ4n) is 2.60. The van der Waals surface area contributed by atoms with Crippen LogP contribution in [0.4, 0.5) is 8.78 Å². The Morgan fingerprint density at radius 3 is 2.41 bits per heavy atom. The standard InChI is InChI=1S/C15H17F2N3O2/c16-11-7-9(13-1-2-14(21)20-19-13)8-12(17)15(11)22-10-3-5-18-6-4-10/h7-8,10,18H,1-6H2,(H,20,21). The number of piperidine rings is 1. The molecule has 5 nitrogen and oxygen atoms in total. The van der Waals surface area contributed by atoms with Crippen LogP contribution in [0, 0.1) is 11.6 Å². The number of carbonyl (C=O) groups excluding carboxylic acids is 1. The van der Waals surface area contributed by atoms with Gasteiger partial charge in [0.2, 0.25) is 5.91 Å². The quantitative estimate of drug-likeness (QED) is 0.893. The molecule has 0 bridgehead atoms. The Labute approximate surface area is 126 Å². The van der Waals surface area contributed by atoms with Crippen LogP contribution in [0.25, 0.3) is 0 Å².